The summed E-state index contributed by atoms with van der Waals surface area (Å²) in [7, 11) is -2.01. The zero-order valence-electron chi connectivity index (χ0n) is 18.3. The molecule has 0 saturated carbocycles. The van der Waals surface area contributed by atoms with Gasteiger partial charge >= 0.3 is 0 Å². The fourth-order valence-corrected chi connectivity index (χ4v) is 5.91. The van der Waals surface area contributed by atoms with Gasteiger partial charge in [-0.25, -0.2) is 12.7 Å². The van der Waals surface area contributed by atoms with Crippen molar-refractivity contribution in [2.75, 3.05) is 25.9 Å². The van der Waals surface area contributed by atoms with E-state index in [0.717, 1.165) is 29.3 Å². The number of carbonyl (C=O) groups excluding carboxylic acids is 2. The van der Waals surface area contributed by atoms with Gasteiger partial charge in [0.2, 0.25) is 15.9 Å². The van der Waals surface area contributed by atoms with Gasteiger partial charge in [0.25, 0.3) is 5.91 Å². The third kappa shape index (κ3) is 4.12. The van der Waals surface area contributed by atoms with Gasteiger partial charge < -0.3 is 4.90 Å². The second kappa shape index (κ2) is 8.55. The minimum absolute atomic E-state index is 0. The van der Waals surface area contributed by atoms with Crippen LogP contribution in [0.15, 0.2) is 17.8 Å². The van der Waals surface area contributed by atoms with Crippen LogP contribution in [-0.2, 0) is 28.4 Å². The highest BCUT2D eigenvalue weighted by Crippen LogP contribution is 2.41. The molecule has 31 heavy (non-hydrogen) atoms. The molecule has 4 rings (SSSR count). The van der Waals surface area contributed by atoms with Crippen LogP contribution in [-0.4, -0.2) is 76.0 Å². The van der Waals surface area contributed by atoms with Crippen LogP contribution in [0.25, 0.3) is 0 Å². The van der Waals surface area contributed by atoms with Crippen LogP contribution < -0.4 is 0 Å². The molecule has 9 nitrogen and oxygen atoms in total. The van der Waals surface area contributed by atoms with Crippen LogP contribution in [0.3, 0.4) is 0 Å². The molecule has 2 fully saturated rings. The molecule has 2 atom stereocenters. The standard InChI is InChI=1S/C20H29N5O4S.ClH/c1-13(2)17-18-15(25(20(17)27)30(4,28)29)7-10-24(18)19(26)16-11-14(21-22(16)3)12-23-8-5-6-9-23;/h7,11,13,17-18H,5-6,8-10,12H2,1-4H3;1H/t17-,18+;/m1./s1. The second-order valence-corrected chi connectivity index (χ2v) is 10.6. The van der Waals surface area contributed by atoms with E-state index in [1.165, 1.54) is 12.8 Å². The maximum absolute atomic E-state index is 13.4. The number of carbonyl (C=O) groups is 2. The van der Waals surface area contributed by atoms with Crippen LogP contribution >= 0.6 is 12.4 Å². The van der Waals surface area contributed by atoms with Crippen molar-refractivity contribution >= 4 is 34.2 Å². The Bertz CT molecular complexity index is 1010. The molecule has 0 bridgehead atoms. The number of likely N-dealkylation sites (tertiary alicyclic amines) is 1. The minimum atomic E-state index is -3.75. The molecule has 0 radical (unpaired) electrons. The van der Waals surface area contributed by atoms with E-state index in [0.29, 0.717) is 17.9 Å². The number of fused-ring (bicyclic) bond motifs is 1. The van der Waals surface area contributed by atoms with E-state index in [4.69, 9.17) is 0 Å². The molecule has 0 N–H and O–H groups in total. The molecular formula is C20H30ClN5O4S. The fraction of sp³-hybridized carbons (Fsp3) is 0.650. The number of nitrogens with zero attached hydrogens (tertiary/aromatic N) is 5. The Kier molecular flexibility index (Phi) is 6.55. The summed E-state index contributed by atoms with van der Waals surface area (Å²) >= 11 is 0. The molecule has 0 unspecified atom stereocenters. The summed E-state index contributed by atoms with van der Waals surface area (Å²) in [6, 6.07) is 1.24. The van der Waals surface area contributed by atoms with Gasteiger partial charge in [-0.1, -0.05) is 13.8 Å². The monoisotopic (exact) mass is 471 g/mol. The third-order valence-corrected chi connectivity index (χ3v) is 7.29. The average molecular weight is 472 g/mol. The summed E-state index contributed by atoms with van der Waals surface area (Å²) in [5, 5.41) is 4.51. The molecule has 11 heteroatoms. The lowest BCUT2D eigenvalue weighted by molar-refractivity contribution is -0.128. The Morgan fingerprint density at radius 3 is 2.48 bits per heavy atom. The number of rotatable bonds is 5. The maximum atomic E-state index is 13.4. The van der Waals surface area contributed by atoms with Crippen molar-refractivity contribution in [3.63, 3.8) is 0 Å². The topological polar surface area (TPSA) is 95.8 Å². The number of hydrogen-bond donors (Lipinski definition) is 0. The predicted octanol–water partition coefficient (Wildman–Crippen LogP) is 1.22. The molecule has 2 amide bonds. The summed E-state index contributed by atoms with van der Waals surface area (Å²) in [6.45, 7) is 6.83. The van der Waals surface area contributed by atoms with Crippen LogP contribution in [0.2, 0.25) is 0 Å². The smallest absolute Gasteiger partial charge is 0.272 e. The molecule has 0 spiro atoms. The zero-order valence-corrected chi connectivity index (χ0v) is 19.9. The van der Waals surface area contributed by atoms with Crippen molar-refractivity contribution in [1.82, 2.24) is 23.9 Å². The Balaban J connectivity index is 0.00000272. The van der Waals surface area contributed by atoms with Gasteiger partial charge in [-0.3, -0.25) is 19.2 Å². The van der Waals surface area contributed by atoms with Crippen molar-refractivity contribution in [2.24, 2.45) is 18.9 Å². The molecule has 1 aromatic rings. The first-order chi connectivity index (χ1) is 14.1. The Morgan fingerprint density at radius 2 is 1.90 bits per heavy atom. The quantitative estimate of drug-likeness (QED) is 0.640. The summed E-state index contributed by atoms with van der Waals surface area (Å²) in [6.07, 6.45) is 5.08. The first-order valence-electron chi connectivity index (χ1n) is 10.4. The van der Waals surface area contributed by atoms with Gasteiger partial charge in [-0.2, -0.15) is 5.10 Å². The summed E-state index contributed by atoms with van der Waals surface area (Å²) in [5.41, 5.74) is 1.69. The van der Waals surface area contributed by atoms with Crippen molar-refractivity contribution in [1.29, 1.82) is 0 Å². The van der Waals surface area contributed by atoms with Gasteiger partial charge in [0.1, 0.15) is 5.69 Å². The van der Waals surface area contributed by atoms with Gasteiger partial charge in [0.15, 0.2) is 0 Å². The number of aromatic nitrogens is 2. The fourth-order valence-electron chi connectivity index (χ4n) is 4.90. The molecule has 1 aromatic heterocycles. The maximum Gasteiger partial charge on any atom is 0.272 e. The Morgan fingerprint density at radius 1 is 1.26 bits per heavy atom. The zero-order chi connectivity index (χ0) is 21.8. The lowest BCUT2D eigenvalue weighted by Gasteiger charge is -2.28. The van der Waals surface area contributed by atoms with Crippen molar-refractivity contribution in [3.05, 3.63) is 29.2 Å². The van der Waals surface area contributed by atoms with E-state index < -0.39 is 27.9 Å². The number of sulfonamides is 1. The average Bonchev–Trinajstić information content (AvgIpc) is 3.38. The number of aryl methyl sites for hydroxylation is 1. The molecule has 3 aliphatic heterocycles. The SMILES string of the molecule is CC(C)[C@H]1C(=O)N(S(C)(=O)=O)C2=CCN(C(=O)c3cc(CN4CCCC4)nn3C)[C@@H]21.Cl. The largest absolute Gasteiger partial charge is 0.324 e. The Labute approximate surface area is 189 Å². The van der Waals surface area contributed by atoms with E-state index in [-0.39, 0.29) is 30.8 Å². The highest BCUT2D eigenvalue weighted by molar-refractivity contribution is 7.89. The predicted molar refractivity (Wildman–Crippen MR) is 118 cm³/mol. The summed E-state index contributed by atoms with van der Waals surface area (Å²) in [5.74, 6) is -1.39. The minimum Gasteiger partial charge on any atom is -0.324 e. The number of amides is 2. The van der Waals surface area contributed by atoms with E-state index in [9.17, 15) is 18.0 Å². The van der Waals surface area contributed by atoms with Crippen molar-refractivity contribution in [2.45, 2.75) is 39.3 Å². The normalized spacial score (nSPS) is 24.0. The molecule has 0 aliphatic carbocycles. The van der Waals surface area contributed by atoms with Crippen LogP contribution in [0.1, 0.15) is 42.9 Å². The summed E-state index contributed by atoms with van der Waals surface area (Å²) in [4.78, 5) is 30.3. The molecule has 3 aliphatic rings. The highest BCUT2D eigenvalue weighted by Gasteiger charge is 2.55. The van der Waals surface area contributed by atoms with Crippen LogP contribution in [0, 0.1) is 11.8 Å². The van der Waals surface area contributed by atoms with Gasteiger partial charge in [-0.05, 0) is 44.0 Å². The number of halogens is 1. The van der Waals surface area contributed by atoms with Gasteiger partial charge in [0.05, 0.1) is 29.6 Å². The highest BCUT2D eigenvalue weighted by atomic mass is 35.5. The lowest BCUT2D eigenvalue weighted by Crippen LogP contribution is -2.43. The van der Waals surface area contributed by atoms with E-state index in [1.54, 1.807) is 22.7 Å². The summed E-state index contributed by atoms with van der Waals surface area (Å²) < 4.78 is 27.0. The first-order valence-corrected chi connectivity index (χ1v) is 12.2. The van der Waals surface area contributed by atoms with E-state index in [2.05, 4.69) is 10.00 Å². The molecule has 4 heterocycles. The number of hydrogen-bond acceptors (Lipinski definition) is 6. The third-order valence-electron chi connectivity index (χ3n) is 6.24. The second-order valence-electron chi connectivity index (χ2n) is 8.79. The van der Waals surface area contributed by atoms with Crippen molar-refractivity contribution in [3.8, 4) is 0 Å². The Hall–Kier alpha value is -1.91. The lowest BCUT2D eigenvalue weighted by atomic mass is 9.89. The van der Waals surface area contributed by atoms with Crippen LogP contribution in [0.4, 0.5) is 0 Å². The van der Waals surface area contributed by atoms with E-state index in [1.807, 2.05) is 19.9 Å². The molecule has 0 aromatic carbocycles. The molecule has 2 saturated heterocycles. The van der Waals surface area contributed by atoms with Crippen molar-refractivity contribution < 1.29 is 18.0 Å². The molecule has 172 valence electrons. The van der Waals surface area contributed by atoms with Gasteiger partial charge in [-0.15, -0.1) is 12.4 Å². The van der Waals surface area contributed by atoms with E-state index >= 15 is 0 Å². The molecular weight excluding hydrogens is 442 g/mol. The first kappa shape index (κ1) is 23.7. The van der Waals surface area contributed by atoms with Crippen LogP contribution in [0.5, 0.6) is 0 Å². The van der Waals surface area contributed by atoms with Gasteiger partial charge in [0, 0.05) is 20.1 Å².